The predicted molar refractivity (Wildman–Crippen MR) is 90.7 cm³/mol. The molecule has 3 aromatic rings. The highest BCUT2D eigenvalue weighted by molar-refractivity contribution is 6.31. The zero-order valence-corrected chi connectivity index (χ0v) is 14.3. The summed E-state index contributed by atoms with van der Waals surface area (Å²) < 4.78 is 0. The standard InChI is InChI=1S/C18H17ClN2.ClH/c1-11-7-8-14(10-16(11)19)21-17-9-13(3)20-18-12(2)5-4-6-15(17)18;/h4-10H,1-3H3,(H,20,21);1H/p-1. The highest BCUT2D eigenvalue weighted by Gasteiger charge is 2.07. The van der Waals surface area contributed by atoms with Gasteiger partial charge in [0.1, 0.15) is 0 Å². The van der Waals surface area contributed by atoms with Crippen molar-refractivity contribution in [3.8, 4) is 0 Å². The van der Waals surface area contributed by atoms with E-state index in [4.69, 9.17) is 11.6 Å². The van der Waals surface area contributed by atoms with E-state index in [1.807, 2.05) is 32.0 Å². The molecule has 0 saturated carbocycles. The molecule has 0 atom stereocenters. The summed E-state index contributed by atoms with van der Waals surface area (Å²) in [5.41, 5.74) is 6.34. The first-order valence-corrected chi connectivity index (χ1v) is 7.32. The van der Waals surface area contributed by atoms with E-state index in [2.05, 4.69) is 41.5 Å². The maximum absolute atomic E-state index is 6.20. The van der Waals surface area contributed by atoms with Crippen LogP contribution >= 0.6 is 11.6 Å². The maximum atomic E-state index is 6.20. The fraction of sp³-hybridized carbons (Fsp3) is 0.167. The molecular formula is C18H17Cl2N2-. The molecule has 0 spiro atoms. The number of hydrogen-bond donors (Lipinski definition) is 1. The van der Waals surface area contributed by atoms with Crippen LogP contribution in [0.4, 0.5) is 11.4 Å². The predicted octanol–water partition coefficient (Wildman–Crippen LogP) is 2.56. The van der Waals surface area contributed by atoms with Gasteiger partial charge in [0.15, 0.2) is 0 Å². The van der Waals surface area contributed by atoms with Gasteiger partial charge < -0.3 is 17.7 Å². The Hall–Kier alpha value is -1.77. The molecule has 2 nitrogen and oxygen atoms in total. The fourth-order valence-corrected chi connectivity index (χ4v) is 2.63. The highest BCUT2D eigenvalue weighted by Crippen LogP contribution is 2.29. The SMILES string of the molecule is Cc1cc(Nc2ccc(C)c(Cl)c2)c2cccc(C)c2n1.[Cl-]. The number of benzene rings is 2. The fourth-order valence-electron chi connectivity index (χ4n) is 2.45. The molecule has 0 aliphatic carbocycles. The number of nitrogens with one attached hydrogen (secondary N) is 1. The molecule has 0 saturated heterocycles. The van der Waals surface area contributed by atoms with Crippen molar-refractivity contribution in [3.63, 3.8) is 0 Å². The van der Waals surface area contributed by atoms with Gasteiger partial charge in [0.2, 0.25) is 0 Å². The number of aryl methyl sites for hydroxylation is 3. The average Bonchev–Trinajstić information content (AvgIpc) is 2.44. The summed E-state index contributed by atoms with van der Waals surface area (Å²) in [4.78, 5) is 4.64. The van der Waals surface area contributed by atoms with Gasteiger partial charge in [-0.2, -0.15) is 0 Å². The molecule has 0 aliphatic rings. The molecular weight excluding hydrogens is 315 g/mol. The van der Waals surface area contributed by atoms with Gasteiger partial charge in [0, 0.05) is 27.5 Å². The summed E-state index contributed by atoms with van der Waals surface area (Å²) in [5, 5.41) is 5.35. The molecule has 0 fully saturated rings. The summed E-state index contributed by atoms with van der Waals surface area (Å²) in [6, 6.07) is 14.3. The topological polar surface area (TPSA) is 24.9 Å². The van der Waals surface area contributed by atoms with Crippen molar-refractivity contribution >= 4 is 33.9 Å². The highest BCUT2D eigenvalue weighted by atomic mass is 35.5. The van der Waals surface area contributed by atoms with Gasteiger partial charge in [0.05, 0.1) is 5.52 Å². The summed E-state index contributed by atoms with van der Waals surface area (Å²) in [5.74, 6) is 0. The van der Waals surface area contributed by atoms with Crippen molar-refractivity contribution in [3.05, 3.63) is 64.3 Å². The Morgan fingerprint density at radius 3 is 2.45 bits per heavy atom. The van der Waals surface area contributed by atoms with Crippen LogP contribution in [0.2, 0.25) is 5.02 Å². The molecule has 0 unspecified atom stereocenters. The lowest BCUT2D eigenvalue weighted by Gasteiger charge is -2.13. The van der Waals surface area contributed by atoms with Gasteiger partial charge in [-0.15, -0.1) is 0 Å². The van der Waals surface area contributed by atoms with Crippen LogP contribution in [0, 0.1) is 20.8 Å². The van der Waals surface area contributed by atoms with Gasteiger partial charge in [-0.1, -0.05) is 35.9 Å². The van der Waals surface area contributed by atoms with E-state index in [1.54, 1.807) is 0 Å². The number of halogens is 2. The molecule has 0 radical (unpaired) electrons. The summed E-state index contributed by atoms with van der Waals surface area (Å²) >= 11 is 6.20. The van der Waals surface area contributed by atoms with Crippen molar-refractivity contribution in [1.29, 1.82) is 0 Å². The van der Waals surface area contributed by atoms with E-state index < -0.39 is 0 Å². The third-order valence-corrected chi connectivity index (χ3v) is 4.03. The first-order chi connectivity index (χ1) is 10.0. The van der Waals surface area contributed by atoms with Crippen LogP contribution in [-0.2, 0) is 0 Å². The lowest BCUT2D eigenvalue weighted by atomic mass is 10.1. The van der Waals surface area contributed by atoms with Gasteiger partial charge in [0.25, 0.3) is 0 Å². The molecule has 0 aliphatic heterocycles. The monoisotopic (exact) mass is 331 g/mol. The molecule has 4 heteroatoms. The van der Waals surface area contributed by atoms with Crippen LogP contribution in [0.1, 0.15) is 16.8 Å². The first kappa shape index (κ1) is 16.6. The largest absolute Gasteiger partial charge is 1.00 e. The van der Waals surface area contributed by atoms with Crippen molar-refractivity contribution in [1.82, 2.24) is 4.98 Å². The number of aromatic nitrogens is 1. The quantitative estimate of drug-likeness (QED) is 0.780. The van der Waals surface area contributed by atoms with Gasteiger partial charge >= 0.3 is 0 Å². The third-order valence-electron chi connectivity index (χ3n) is 3.62. The van der Waals surface area contributed by atoms with Crippen molar-refractivity contribution < 1.29 is 12.4 Å². The average molecular weight is 332 g/mol. The smallest absolute Gasteiger partial charge is 0.0755 e. The molecule has 0 amide bonds. The zero-order valence-electron chi connectivity index (χ0n) is 12.7. The zero-order chi connectivity index (χ0) is 15.0. The Kier molecular flexibility index (Phi) is 4.94. The van der Waals surface area contributed by atoms with Crippen molar-refractivity contribution in [2.75, 3.05) is 5.32 Å². The van der Waals surface area contributed by atoms with Crippen molar-refractivity contribution in [2.24, 2.45) is 0 Å². The number of nitrogens with zero attached hydrogens (tertiary/aromatic N) is 1. The van der Waals surface area contributed by atoms with E-state index in [0.717, 1.165) is 38.6 Å². The molecule has 22 heavy (non-hydrogen) atoms. The van der Waals surface area contributed by atoms with Crippen LogP contribution in [0.3, 0.4) is 0 Å². The number of anilines is 2. The Bertz CT molecular complexity index is 829. The molecule has 0 bridgehead atoms. The number of fused-ring (bicyclic) bond motifs is 1. The van der Waals surface area contributed by atoms with Crippen LogP contribution in [-0.4, -0.2) is 4.98 Å². The number of pyridine rings is 1. The van der Waals surface area contributed by atoms with Crippen LogP contribution < -0.4 is 17.7 Å². The third kappa shape index (κ3) is 3.18. The van der Waals surface area contributed by atoms with E-state index in [-0.39, 0.29) is 12.4 Å². The van der Waals surface area contributed by atoms with Crippen LogP contribution in [0.5, 0.6) is 0 Å². The molecule has 114 valence electrons. The molecule has 1 aromatic heterocycles. The second-order valence-electron chi connectivity index (χ2n) is 5.37. The summed E-state index contributed by atoms with van der Waals surface area (Å²) in [6.07, 6.45) is 0. The number of hydrogen-bond acceptors (Lipinski definition) is 2. The lowest BCUT2D eigenvalue weighted by Crippen LogP contribution is -3.00. The number of para-hydroxylation sites is 1. The molecule has 1 N–H and O–H groups in total. The second-order valence-corrected chi connectivity index (χ2v) is 5.78. The Balaban J connectivity index is 0.00000176. The van der Waals surface area contributed by atoms with E-state index in [1.165, 1.54) is 5.56 Å². The first-order valence-electron chi connectivity index (χ1n) is 6.95. The minimum Gasteiger partial charge on any atom is -1.00 e. The van der Waals surface area contributed by atoms with Crippen LogP contribution in [0.15, 0.2) is 42.5 Å². The van der Waals surface area contributed by atoms with E-state index in [0.29, 0.717) is 0 Å². The van der Waals surface area contributed by atoms with E-state index in [9.17, 15) is 0 Å². The van der Waals surface area contributed by atoms with Gasteiger partial charge in [-0.05, 0) is 50.1 Å². The number of rotatable bonds is 2. The summed E-state index contributed by atoms with van der Waals surface area (Å²) in [6.45, 7) is 6.10. The van der Waals surface area contributed by atoms with Crippen LogP contribution in [0.25, 0.3) is 10.9 Å². The van der Waals surface area contributed by atoms with E-state index >= 15 is 0 Å². The molecule has 3 rings (SSSR count). The Morgan fingerprint density at radius 1 is 0.955 bits per heavy atom. The second kappa shape index (κ2) is 6.55. The molecule has 2 aromatic carbocycles. The van der Waals surface area contributed by atoms with Gasteiger partial charge in [-0.25, -0.2) is 0 Å². The normalized spacial score (nSPS) is 10.4. The van der Waals surface area contributed by atoms with Crippen molar-refractivity contribution in [2.45, 2.75) is 20.8 Å². The minimum absolute atomic E-state index is 0. The van der Waals surface area contributed by atoms with Gasteiger partial charge in [-0.3, -0.25) is 4.98 Å². The lowest BCUT2D eigenvalue weighted by molar-refractivity contribution is -0.00000434. The Morgan fingerprint density at radius 2 is 1.73 bits per heavy atom. The minimum atomic E-state index is 0. The maximum Gasteiger partial charge on any atom is 0.0755 e. The summed E-state index contributed by atoms with van der Waals surface area (Å²) in [7, 11) is 0. The Labute approximate surface area is 141 Å². The molecule has 1 heterocycles.